The molecule has 0 unspecified atom stereocenters. The zero-order chi connectivity index (χ0) is 15.8. The van der Waals surface area contributed by atoms with E-state index in [2.05, 4.69) is 5.43 Å². The Morgan fingerprint density at radius 3 is 2.29 bits per heavy atom. The molecule has 2 rings (SSSR count). The number of nitrogens with one attached hydrogen (secondary N) is 1. The van der Waals surface area contributed by atoms with E-state index in [1.165, 1.54) is 0 Å². The molecule has 0 saturated heterocycles. The first kappa shape index (κ1) is 15.4. The smallest absolute Gasteiger partial charge is 0.433 e. The Morgan fingerprint density at radius 2 is 1.86 bits per heavy atom. The Labute approximate surface area is 119 Å². The standard InChI is InChI=1S/C14H15F3N2O2/c1-8(2)9-3-5-10(6-4-9)19-12(14(15,16)17)11(7-18-19)13(20)21/h3-6,8,18H,7H2,1-2H3,(H,20,21). The van der Waals surface area contributed by atoms with E-state index in [9.17, 15) is 18.0 Å². The summed E-state index contributed by atoms with van der Waals surface area (Å²) >= 11 is 0. The fraction of sp³-hybridized carbons (Fsp3) is 0.357. The second kappa shape index (κ2) is 5.40. The normalized spacial score (nSPS) is 16.0. The molecule has 1 aromatic rings. The van der Waals surface area contributed by atoms with Crippen LogP contribution < -0.4 is 10.4 Å². The van der Waals surface area contributed by atoms with Crippen LogP contribution in [-0.4, -0.2) is 23.8 Å². The maximum atomic E-state index is 13.1. The number of carbonyl (C=O) groups is 1. The molecule has 0 saturated carbocycles. The first-order chi connectivity index (χ1) is 9.71. The second-order valence-electron chi connectivity index (χ2n) is 5.05. The van der Waals surface area contributed by atoms with Crippen LogP contribution in [0, 0.1) is 0 Å². The van der Waals surface area contributed by atoms with E-state index in [4.69, 9.17) is 5.11 Å². The van der Waals surface area contributed by atoms with Crippen molar-refractivity contribution in [2.24, 2.45) is 0 Å². The van der Waals surface area contributed by atoms with Gasteiger partial charge in [-0.2, -0.15) is 13.2 Å². The molecule has 0 fully saturated rings. The highest BCUT2D eigenvalue weighted by Gasteiger charge is 2.45. The summed E-state index contributed by atoms with van der Waals surface area (Å²) in [6, 6.07) is 6.54. The van der Waals surface area contributed by atoms with Gasteiger partial charge in [-0.25, -0.2) is 10.2 Å². The highest BCUT2D eigenvalue weighted by atomic mass is 19.4. The minimum atomic E-state index is -4.74. The molecule has 7 heteroatoms. The predicted octanol–water partition coefficient (Wildman–Crippen LogP) is 3.04. The number of nitrogens with zero attached hydrogens (tertiary/aromatic N) is 1. The summed E-state index contributed by atoms with van der Waals surface area (Å²) in [5.74, 6) is -1.31. The van der Waals surface area contributed by atoms with E-state index in [1.807, 2.05) is 13.8 Å². The third-order valence-corrected chi connectivity index (χ3v) is 3.27. The van der Waals surface area contributed by atoms with Gasteiger partial charge in [-0.05, 0) is 23.6 Å². The quantitative estimate of drug-likeness (QED) is 0.901. The van der Waals surface area contributed by atoms with Crippen molar-refractivity contribution in [2.45, 2.75) is 25.9 Å². The molecule has 0 aliphatic carbocycles. The maximum absolute atomic E-state index is 13.1. The van der Waals surface area contributed by atoms with E-state index < -0.39 is 23.4 Å². The third-order valence-electron chi connectivity index (χ3n) is 3.27. The van der Waals surface area contributed by atoms with Gasteiger partial charge < -0.3 is 5.11 Å². The van der Waals surface area contributed by atoms with Crippen LogP contribution in [0.4, 0.5) is 18.9 Å². The first-order valence-electron chi connectivity index (χ1n) is 6.39. The summed E-state index contributed by atoms with van der Waals surface area (Å²) in [4.78, 5) is 11.0. The largest absolute Gasteiger partial charge is 0.478 e. The molecule has 1 heterocycles. The van der Waals surface area contributed by atoms with Crippen LogP contribution in [0.2, 0.25) is 0 Å². The number of aliphatic carboxylic acids is 1. The summed E-state index contributed by atoms with van der Waals surface area (Å²) in [6.07, 6.45) is -4.74. The molecule has 0 radical (unpaired) electrons. The molecule has 1 aliphatic heterocycles. The van der Waals surface area contributed by atoms with Crippen molar-refractivity contribution < 1.29 is 23.1 Å². The lowest BCUT2D eigenvalue weighted by molar-refractivity contribution is -0.133. The second-order valence-corrected chi connectivity index (χ2v) is 5.05. The highest BCUT2D eigenvalue weighted by Crippen LogP contribution is 2.36. The third kappa shape index (κ3) is 3.02. The molecule has 114 valence electrons. The Hall–Kier alpha value is -2.02. The van der Waals surface area contributed by atoms with Gasteiger partial charge >= 0.3 is 12.1 Å². The average Bonchev–Trinajstić information content (AvgIpc) is 2.83. The van der Waals surface area contributed by atoms with Crippen LogP contribution in [0.5, 0.6) is 0 Å². The summed E-state index contributed by atoms with van der Waals surface area (Å²) in [7, 11) is 0. The van der Waals surface area contributed by atoms with Crippen LogP contribution in [0.15, 0.2) is 35.5 Å². The fourth-order valence-electron chi connectivity index (χ4n) is 2.16. The molecular weight excluding hydrogens is 285 g/mol. The van der Waals surface area contributed by atoms with Gasteiger partial charge in [0.05, 0.1) is 11.3 Å². The van der Waals surface area contributed by atoms with E-state index in [0.29, 0.717) is 0 Å². The number of carboxylic acid groups (broad SMARTS) is 1. The topological polar surface area (TPSA) is 52.6 Å². The fourth-order valence-corrected chi connectivity index (χ4v) is 2.16. The number of hydrazine groups is 1. The molecule has 1 aromatic carbocycles. The Morgan fingerprint density at radius 1 is 1.29 bits per heavy atom. The lowest BCUT2D eigenvalue weighted by atomic mass is 10.0. The van der Waals surface area contributed by atoms with Crippen LogP contribution in [0.3, 0.4) is 0 Å². The number of rotatable bonds is 3. The van der Waals surface area contributed by atoms with Gasteiger partial charge in [0.15, 0.2) is 5.70 Å². The summed E-state index contributed by atoms with van der Waals surface area (Å²) < 4.78 is 39.3. The molecule has 1 aliphatic rings. The Bertz CT molecular complexity index is 577. The highest BCUT2D eigenvalue weighted by molar-refractivity contribution is 5.90. The summed E-state index contributed by atoms with van der Waals surface area (Å²) in [5, 5.41) is 9.69. The molecular formula is C14H15F3N2O2. The van der Waals surface area contributed by atoms with Crippen LogP contribution >= 0.6 is 0 Å². The Balaban J connectivity index is 2.42. The zero-order valence-corrected chi connectivity index (χ0v) is 11.5. The van der Waals surface area contributed by atoms with Gasteiger partial charge in [0.1, 0.15) is 0 Å². The van der Waals surface area contributed by atoms with E-state index in [0.717, 1.165) is 10.6 Å². The van der Waals surface area contributed by atoms with Crippen molar-refractivity contribution >= 4 is 11.7 Å². The lowest BCUT2D eigenvalue weighted by Crippen LogP contribution is -2.36. The van der Waals surface area contributed by atoms with Crippen molar-refractivity contribution in [2.75, 3.05) is 11.6 Å². The average molecular weight is 300 g/mol. The van der Waals surface area contributed by atoms with Crippen LogP contribution in [0.25, 0.3) is 0 Å². The number of halogens is 3. The van der Waals surface area contributed by atoms with E-state index in [-0.39, 0.29) is 18.2 Å². The van der Waals surface area contributed by atoms with E-state index >= 15 is 0 Å². The van der Waals surface area contributed by atoms with Gasteiger partial charge in [-0.15, -0.1) is 0 Å². The number of anilines is 1. The van der Waals surface area contributed by atoms with Gasteiger partial charge in [0.2, 0.25) is 0 Å². The number of alkyl halides is 3. The van der Waals surface area contributed by atoms with Gasteiger partial charge in [-0.1, -0.05) is 26.0 Å². The van der Waals surface area contributed by atoms with Gasteiger partial charge in [-0.3, -0.25) is 5.01 Å². The SMILES string of the molecule is CC(C)c1ccc(N2NCC(C(=O)O)=C2C(F)(F)F)cc1. The minimum absolute atomic E-state index is 0.253. The molecule has 0 spiro atoms. The summed E-state index contributed by atoms with van der Waals surface area (Å²) in [5.41, 5.74) is 1.86. The molecule has 0 amide bonds. The number of hydrogen-bond acceptors (Lipinski definition) is 3. The maximum Gasteiger partial charge on any atom is 0.433 e. The summed E-state index contributed by atoms with van der Waals surface area (Å²) in [6.45, 7) is 3.59. The van der Waals surface area contributed by atoms with Crippen molar-refractivity contribution in [1.82, 2.24) is 5.43 Å². The zero-order valence-electron chi connectivity index (χ0n) is 11.5. The van der Waals surface area contributed by atoms with E-state index in [1.54, 1.807) is 24.3 Å². The van der Waals surface area contributed by atoms with Crippen molar-refractivity contribution in [3.63, 3.8) is 0 Å². The minimum Gasteiger partial charge on any atom is -0.478 e. The molecule has 2 N–H and O–H groups in total. The van der Waals surface area contributed by atoms with Crippen molar-refractivity contribution in [1.29, 1.82) is 0 Å². The number of carboxylic acids is 1. The number of benzene rings is 1. The first-order valence-corrected chi connectivity index (χ1v) is 6.39. The predicted molar refractivity (Wildman–Crippen MR) is 71.7 cm³/mol. The number of hydrogen-bond donors (Lipinski definition) is 2. The Kier molecular flexibility index (Phi) is 3.95. The molecule has 21 heavy (non-hydrogen) atoms. The monoisotopic (exact) mass is 300 g/mol. The molecule has 0 atom stereocenters. The van der Waals surface area contributed by atoms with Crippen molar-refractivity contribution in [3.05, 3.63) is 41.1 Å². The van der Waals surface area contributed by atoms with Crippen LogP contribution in [0.1, 0.15) is 25.3 Å². The number of allylic oxidation sites excluding steroid dienone is 1. The van der Waals surface area contributed by atoms with Gasteiger partial charge in [0.25, 0.3) is 0 Å². The van der Waals surface area contributed by atoms with Crippen molar-refractivity contribution in [3.8, 4) is 0 Å². The molecule has 0 aromatic heterocycles. The van der Waals surface area contributed by atoms with Gasteiger partial charge in [0, 0.05) is 6.54 Å². The van der Waals surface area contributed by atoms with Crippen LogP contribution in [-0.2, 0) is 4.79 Å². The molecule has 0 bridgehead atoms. The lowest BCUT2D eigenvalue weighted by Gasteiger charge is -2.24. The molecule has 4 nitrogen and oxygen atoms in total.